The van der Waals surface area contributed by atoms with Crippen LogP contribution in [0.4, 0.5) is 0 Å². The van der Waals surface area contributed by atoms with E-state index < -0.39 is 0 Å². The van der Waals surface area contributed by atoms with Crippen molar-refractivity contribution < 1.29 is 14.6 Å². The molecule has 0 bridgehead atoms. The van der Waals surface area contributed by atoms with Crippen LogP contribution in [0.3, 0.4) is 0 Å². The molecule has 2 N–H and O–H groups in total. The molecule has 1 fully saturated rings. The maximum absolute atomic E-state index is 12.2. The van der Waals surface area contributed by atoms with Crippen LogP contribution in [0, 0.1) is 5.41 Å². The van der Waals surface area contributed by atoms with Crippen molar-refractivity contribution in [2.24, 2.45) is 5.41 Å². The summed E-state index contributed by atoms with van der Waals surface area (Å²) in [6, 6.07) is 4.87. The Balaban J connectivity index is 2.09. The van der Waals surface area contributed by atoms with Crippen LogP contribution in [0.1, 0.15) is 30.6 Å². The number of benzene rings is 1. The number of ether oxygens (including phenoxy) is 1. The molecule has 2 unspecified atom stereocenters. The van der Waals surface area contributed by atoms with Gasteiger partial charge in [0.05, 0.1) is 11.7 Å². The van der Waals surface area contributed by atoms with Crippen LogP contribution in [0.15, 0.2) is 22.7 Å². The van der Waals surface area contributed by atoms with E-state index in [9.17, 15) is 9.90 Å². The Kier molecular flexibility index (Phi) is 3.87. The van der Waals surface area contributed by atoms with Gasteiger partial charge >= 0.3 is 0 Å². The van der Waals surface area contributed by atoms with Crippen molar-refractivity contribution in [2.45, 2.75) is 32.4 Å². The summed E-state index contributed by atoms with van der Waals surface area (Å²) in [5.74, 6) is -0.271. The van der Waals surface area contributed by atoms with Crippen molar-refractivity contribution in [3.8, 4) is 5.75 Å². The molecule has 1 saturated carbocycles. The number of halogens is 1. The molecule has 1 aliphatic carbocycles. The summed E-state index contributed by atoms with van der Waals surface area (Å²) >= 11 is 3.29. The third-order valence-corrected chi connectivity index (χ3v) is 4.46. The topological polar surface area (TPSA) is 58.6 Å². The van der Waals surface area contributed by atoms with Gasteiger partial charge in [0.15, 0.2) is 0 Å². The van der Waals surface area contributed by atoms with Crippen LogP contribution in [-0.4, -0.2) is 30.3 Å². The standard InChI is InChI=1S/C14H18BrNO3/c1-14(2)11(7-12(14)19-3)16-13(18)9-6-8(15)4-5-10(9)17/h4-6,11-12,17H,7H2,1-3H3,(H,16,18). The monoisotopic (exact) mass is 327 g/mol. The van der Waals surface area contributed by atoms with Crippen molar-refractivity contribution in [2.75, 3.05) is 7.11 Å². The lowest BCUT2D eigenvalue weighted by Gasteiger charge is -2.51. The number of nitrogens with one attached hydrogen (secondary N) is 1. The predicted octanol–water partition coefficient (Wildman–Crippen LogP) is 2.70. The van der Waals surface area contributed by atoms with Crippen molar-refractivity contribution >= 4 is 21.8 Å². The molecule has 1 aromatic carbocycles. The zero-order valence-electron chi connectivity index (χ0n) is 11.2. The first-order chi connectivity index (χ1) is 8.86. The third kappa shape index (κ3) is 2.62. The Labute approximate surface area is 121 Å². The van der Waals surface area contributed by atoms with Gasteiger partial charge in [-0.25, -0.2) is 0 Å². The second-order valence-electron chi connectivity index (χ2n) is 5.47. The van der Waals surface area contributed by atoms with E-state index in [0.29, 0.717) is 0 Å². The molecule has 2 atom stereocenters. The molecule has 0 aliphatic heterocycles. The highest BCUT2D eigenvalue weighted by Gasteiger charge is 2.49. The second-order valence-corrected chi connectivity index (χ2v) is 6.38. The molecule has 2 rings (SSSR count). The molecule has 1 aromatic rings. The van der Waals surface area contributed by atoms with Crippen LogP contribution in [-0.2, 0) is 4.74 Å². The van der Waals surface area contributed by atoms with E-state index >= 15 is 0 Å². The van der Waals surface area contributed by atoms with Crippen LogP contribution in [0.25, 0.3) is 0 Å². The number of hydrogen-bond donors (Lipinski definition) is 2. The van der Waals surface area contributed by atoms with Gasteiger partial charge in [-0.1, -0.05) is 29.8 Å². The zero-order valence-corrected chi connectivity index (χ0v) is 12.8. The average Bonchev–Trinajstić information content (AvgIpc) is 2.36. The van der Waals surface area contributed by atoms with Gasteiger partial charge in [0, 0.05) is 23.0 Å². The van der Waals surface area contributed by atoms with Gasteiger partial charge in [-0.3, -0.25) is 4.79 Å². The average molecular weight is 328 g/mol. The Hall–Kier alpha value is -1.07. The second kappa shape index (κ2) is 5.13. The van der Waals surface area contributed by atoms with Gasteiger partial charge in [0.25, 0.3) is 5.91 Å². The minimum atomic E-state index is -0.258. The third-order valence-electron chi connectivity index (χ3n) is 3.97. The van der Waals surface area contributed by atoms with Crippen molar-refractivity contribution in [3.63, 3.8) is 0 Å². The summed E-state index contributed by atoms with van der Waals surface area (Å²) in [6.07, 6.45) is 0.957. The SMILES string of the molecule is COC1CC(NC(=O)c2cc(Br)ccc2O)C1(C)C. The Bertz CT molecular complexity index is 501. The first-order valence-electron chi connectivity index (χ1n) is 6.18. The number of methoxy groups -OCH3 is 1. The van der Waals surface area contributed by atoms with Gasteiger partial charge in [-0.05, 0) is 24.6 Å². The summed E-state index contributed by atoms with van der Waals surface area (Å²) in [5.41, 5.74) is 0.192. The van der Waals surface area contributed by atoms with Gasteiger partial charge in [0.1, 0.15) is 5.75 Å². The lowest BCUT2D eigenvalue weighted by atomic mass is 9.64. The largest absolute Gasteiger partial charge is 0.507 e. The molecule has 5 heteroatoms. The maximum Gasteiger partial charge on any atom is 0.255 e. The van der Waals surface area contributed by atoms with Crippen molar-refractivity contribution in [1.29, 1.82) is 0 Å². The highest BCUT2D eigenvalue weighted by molar-refractivity contribution is 9.10. The summed E-state index contributed by atoms with van der Waals surface area (Å²) in [5, 5.41) is 12.7. The summed E-state index contributed by atoms with van der Waals surface area (Å²) < 4.78 is 6.12. The van der Waals surface area contributed by atoms with Crippen LogP contribution < -0.4 is 5.32 Å². The Morgan fingerprint density at radius 3 is 2.79 bits per heavy atom. The Morgan fingerprint density at radius 1 is 1.53 bits per heavy atom. The Morgan fingerprint density at radius 2 is 2.21 bits per heavy atom. The fraction of sp³-hybridized carbons (Fsp3) is 0.500. The number of phenols is 1. The highest BCUT2D eigenvalue weighted by atomic mass is 79.9. The maximum atomic E-state index is 12.2. The predicted molar refractivity (Wildman–Crippen MR) is 76.3 cm³/mol. The van der Waals surface area contributed by atoms with E-state index in [1.807, 2.05) is 0 Å². The molecule has 4 nitrogen and oxygen atoms in total. The molecule has 1 amide bonds. The molecule has 104 valence electrons. The van der Waals surface area contributed by atoms with Gasteiger partial charge in [-0.2, -0.15) is 0 Å². The lowest BCUT2D eigenvalue weighted by molar-refractivity contribution is -0.0942. The molecule has 0 heterocycles. The number of aromatic hydroxyl groups is 1. The minimum absolute atomic E-state index is 0.0129. The van der Waals surface area contributed by atoms with E-state index in [0.717, 1.165) is 10.9 Å². The minimum Gasteiger partial charge on any atom is -0.507 e. The fourth-order valence-electron chi connectivity index (χ4n) is 2.46. The van der Waals surface area contributed by atoms with E-state index in [-0.39, 0.29) is 34.8 Å². The van der Waals surface area contributed by atoms with E-state index in [2.05, 4.69) is 35.1 Å². The number of carbonyl (C=O) groups excluding carboxylic acids is 1. The molecule has 0 radical (unpaired) electrons. The number of rotatable bonds is 3. The molecule has 0 aromatic heterocycles. The van der Waals surface area contributed by atoms with Gasteiger partial charge in [0.2, 0.25) is 0 Å². The first-order valence-corrected chi connectivity index (χ1v) is 6.97. The fourth-order valence-corrected chi connectivity index (χ4v) is 2.82. The summed E-state index contributed by atoms with van der Waals surface area (Å²) in [6.45, 7) is 4.13. The highest BCUT2D eigenvalue weighted by Crippen LogP contribution is 2.42. The molecule has 0 spiro atoms. The molecule has 19 heavy (non-hydrogen) atoms. The molecule has 0 saturated heterocycles. The van der Waals surface area contributed by atoms with Crippen LogP contribution >= 0.6 is 15.9 Å². The van der Waals surface area contributed by atoms with Crippen LogP contribution in [0.5, 0.6) is 5.75 Å². The smallest absolute Gasteiger partial charge is 0.255 e. The van der Waals surface area contributed by atoms with Crippen molar-refractivity contribution in [1.82, 2.24) is 5.32 Å². The van der Waals surface area contributed by atoms with Gasteiger partial charge < -0.3 is 15.2 Å². The number of phenolic OH excluding ortho intramolecular Hbond substituents is 1. The van der Waals surface area contributed by atoms with Crippen LogP contribution in [0.2, 0.25) is 0 Å². The molecular weight excluding hydrogens is 310 g/mol. The van der Waals surface area contributed by atoms with Gasteiger partial charge in [-0.15, -0.1) is 0 Å². The van der Waals surface area contributed by atoms with E-state index in [1.165, 1.54) is 6.07 Å². The first kappa shape index (κ1) is 14.3. The van der Waals surface area contributed by atoms with E-state index in [4.69, 9.17) is 4.74 Å². The van der Waals surface area contributed by atoms with E-state index in [1.54, 1.807) is 19.2 Å². The molecule has 1 aliphatic rings. The molecular formula is C14H18BrNO3. The summed E-state index contributed by atoms with van der Waals surface area (Å²) in [4.78, 5) is 12.2. The summed E-state index contributed by atoms with van der Waals surface area (Å²) in [7, 11) is 1.69. The normalized spacial score (nSPS) is 24.6. The van der Waals surface area contributed by atoms with Crippen molar-refractivity contribution in [3.05, 3.63) is 28.2 Å². The number of amides is 1. The number of carbonyl (C=O) groups is 1. The number of hydrogen-bond acceptors (Lipinski definition) is 3. The lowest BCUT2D eigenvalue weighted by Crippen LogP contribution is -2.61. The zero-order chi connectivity index (χ0) is 14.2. The quantitative estimate of drug-likeness (QED) is 0.897.